The molecule has 9 N–H and O–H groups in total. The van der Waals surface area contributed by atoms with Gasteiger partial charge in [0.1, 0.15) is 48.8 Å². The van der Waals surface area contributed by atoms with Gasteiger partial charge in [0.05, 0.1) is 32.0 Å². The van der Waals surface area contributed by atoms with Crippen LogP contribution < -0.4 is 5.32 Å². The SMILES string of the molecule is CC/C=C\C/C=C\C/C=C\C/C=C\CCCCCCCCCCCCCCCCC(=O)NC(COC1OC(CO)C(OC2OC(CO)C(O)C(O)C2O)C(O)C1O)C(O)/C=C/CCCCCCCCCCCC. The van der Waals surface area contributed by atoms with Crippen LogP contribution in [0.3, 0.4) is 0 Å². The third kappa shape index (κ3) is 30.9. The molecule has 0 aliphatic carbocycles. The molecule has 0 spiro atoms. The molecule has 424 valence electrons. The first-order valence-corrected chi connectivity index (χ1v) is 29.0. The molecule has 0 radical (unpaired) electrons. The van der Waals surface area contributed by atoms with Crippen molar-refractivity contribution in [2.75, 3.05) is 19.8 Å². The molecule has 0 aromatic heterocycles. The number of rotatable bonds is 45. The molecule has 2 saturated heterocycles. The second-order valence-corrected chi connectivity index (χ2v) is 20.4. The highest BCUT2D eigenvalue weighted by atomic mass is 16.7. The largest absolute Gasteiger partial charge is 0.394 e. The molecule has 0 saturated carbocycles. The molecule has 12 unspecified atom stereocenters. The standard InChI is InChI=1S/C59H105NO13/c1-3-5-7-9-11-13-15-17-18-19-20-21-22-23-24-25-26-27-28-29-30-31-33-35-37-39-41-43-51(64)60-47(48(63)42-40-38-36-34-32-16-14-12-10-8-6-4-2)46-70-58-56(69)54(67)57(50(45-62)72-58)73-59-55(68)53(66)52(65)49(44-61)71-59/h5,7,11,13,17-18,20-21,40,42,47-50,52-59,61-63,65-69H,3-4,6,8-10,12,14-16,19,22-39,41,43-46H2,1-2H3,(H,60,64)/b7-5-,13-11-,18-17-,21-20-,42-40+. The van der Waals surface area contributed by atoms with Gasteiger partial charge in [0.25, 0.3) is 0 Å². The van der Waals surface area contributed by atoms with Gasteiger partial charge in [-0.2, -0.15) is 0 Å². The summed E-state index contributed by atoms with van der Waals surface area (Å²) < 4.78 is 22.7. The maximum atomic E-state index is 13.2. The molecular formula is C59H105NO13. The average Bonchev–Trinajstić information content (AvgIpc) is 3.39. The van der Waals surface area contributed by atoms with E-state index < -0.39 is 86.8 Å². The predicted octanol–water partition coefficient (Wildman–Crippen LogP) is 9.39. The summed E-state index contributed by atoms with van der Waals surface area (Å²) in [6.45, 7) is 2.67. The molecule has 0 aromatic rings. The first-order valence-electron chi connectivity index (χ1n) is 29.0. The zero-order valence-electron chi connectivity index (χ0n) is 45.4. The molecule has 2 heterocycles. The Morgan fingerprint density at radius 3 is 1.45 bits per heavy atom. The van der Waals surface area contributed by atoms with Gasteiger partial charge in [0, 0.05) is 6.42 Å². The van der Waals surface area contributed by atoms with E-state index in [4.69, 9.17) is 18.9 Å². The summed E-state index contributed by atoms with van der Waals surface area (Å²) in [6, 6.07) is -0.915. The number of ether oxygens (including phenoxy) is 4. The molecule has 2 aliphatic heterocycles. The van der Waals surface area contributed by atoms with Crippen molar-refractivity contribution in [3.63, 3.8) is 0 Å². The van der Waals surface area contributed by atoms with Crippen molar-refractivity contribution in [1.82, 2.24) is 5.32 Å². The van der Waals surface area contributed by atoms with E-state index >= 15 is 0 Å². The normalized spacial score (nSPS) is 25.8. The van der Waals surface area contributed by atoms with Gasteiger partial charge < -0.3 is 65.1 Å². The van der Waals surface area contributed by atoms with Gasteiger partial charge in [-0.05, 0) is 57.8 Å². The number of aliphatic hydroxyl groups is 8. The van der Waals surface area contributed by atoms with E-state index in [2.05, 4.69) is 67.8 Å². The quantitative estimate of drug-likeness (QED) is 0.0205. The minimum Gasteiger partial charge on any atom is -0.394 e. The van der Waals surface area contributed by atoms with Crippen LogP contribution in [-0.4, -0.2) is 140 Å². The van der Waals surface area contributed by atoms with Crippen LogP contribution in [0.15, 0.2) is 60.8 Å². The van der Waals surface area contributed by atoms with Crippen LogP contribution in [0, 0.1) is 0 Å². The van der Waals surface area contributed by atoms with E-state index in [1.54, 1.807) is 6.08 Å². The molecule has 0 bridgehead atoms. The maximum absolute atomic E-state index is 13.2. The van der Waals surface area contributed by atoms with Crippen molar-refractivity contribution in [3.8, 4) is 0 Å². The van der Waals surface area contributed by atoms with Crippen molar-refractivity contribution in [2.24, 2.45) is 0 Å². The number of aliphatic hydroxyl groups excluding tert-OH is 8. The number of hydrogen-bond acceptors (Lipinski definition) is 13. The summed E-state index contributed by atoms with van der Waals surface area (Å²) in [7, 11) is 0. The van der Waals surface area contributed by atoms with E-state index in [0.717, 1.165) is 64.2 Å². The molecule has 0 aromatic carbocycles. The zero-order valence-corrected chi connectivity index (χ0v) is 45.4. The van der Waals surface area contributed by atoms with Crippen molar-refractivity contribution in [3.05, 3.63) is 60.8 Å². The van der Waals surface area contributed by atoms with Crippen molar-refractivity contribution < 1.29 is 64.6 Å². The van der Waals surface area contributed by atoms with Gasteiger partial charge in [0.15, 0.2) is 12.6 Å². The lowest BCUT2D eigenvalue weighted by atomic mass is 9.97. The van der Waals surface area contributed by atoms with Crippen LogP contribution in [-0.2, 0) is 23.7 Å². The van der Waals surface area contributed by atoms with Gasteiger partial charge in [-0.3, -0.25) is 4.79 Å². The molecule has 2 aliphatic rings. The summed E-state index contributed by atoms with van der Waals surface area (Å²) in [5.41, 5.74) is 0. The molecule has 73 heavy (non-hydrogen) atoms. The van der Waals surface area contributed by atoms with E-state index in [0.29, 0.717) is 6.42 Å². The van der Waals surface area contributed by atoms with E-state index in [1.165, 1.54) is 122 Å². The van der Waals surface area contributed by atoms with Gasteiger partial charge >= 0.3 is 0 Å². The fourth-order valence-electron chi connectivity index (χ4n) is 9.28. The third-order valence-electron chi connectivity index (χ3n) is 14.0. The Labute approximate surface area is 441 Å². The number of carbonyl (C=O) groups excluding carboxylic acids is 1. The Bertz CT molecular complexity index is 1450. The van der Waals surface area contributed by atoms with Gasteiger partial charge in [-0.1, -0.05) is 209 Å². The Balaban J connectivity index is 1.71. The third-order valence-corrected chi connectivity index (χ3v) is 14.0. The summed E-state index contributed by atoms with van der Waals surface area (Å²) in [5.74, 6) is -0.243. The topological polar surface area (TPSA) is 228 Å². The van der Waals surface area contributed by atoms with Crippen LogP contribution in [0.2, 0.25) is 0 Å². The second-order valence-electron chi connectivity index (χ2n) is 20.4. The fourth-order valence-corrected chi connectivity index (χ4v) is 9.28. The van der Waals surface area contributed by atoms with Gasteiger partial charge in [-0.25, -0.2) is 0 Å². The maximum Gasteiger partial charge on any atom is 0.220 e. The molecule has 14 nitrogen and oxygen atoms in total. The summed E-state index contributed by atoms with van der Waals surface area (Å²) >= 11 is 0. The van der Waals surface area contributed by atoms with E-state index in [-0.39, 0.29) is 18.9 Å². The van der Waals surface area contributed by atoms with Crippen LogP contribution >= 0.6 is 0 Å². The van der Waals surface area contributed by atoms with Crippen molar-refractivity contribution in [2.45, 2.75) is 286 Å². The minimum atomic E-state index is -1.79. The number of carbonyl (C=O) groups is 1. The van der Waals surface area contributed by atoms with Crippen LogP contribution in [0.5, 0.6) is 0 Å². The number of hydrogen-bond donors (Lipinski definition) is 9. The monoisotopic (exact) mass is 1040 g/mol. The lowest BCUT2D eigenvalue weighted by Gasteiger charge is -2.46. The lowest BCUT2D eigenvalue weighted by Crippen LogP contribution is -2.65. The first-order chi connectivity index (χ1) is 35.6. The smallest absolute Gasteiger partial charge is 0.220 e. The van der Waals surface area contributed by atoms with Crippen LogP contribution in [0.25, 0.3) is 0 Å². The molecular weight excluding hydrogens is 931 g/mol. The number of unbranched alkanes of at least 4 members (excludes halogenated alkanes) is 24. The highest BCUT2D eigenvalue weighted by Crippen LogP contribution is 2.30. The number of amides is 1. The fraction of sp³-hybridized carbons (Fsp3) is 0.814. The van der Waals surface area contributed by atoms with Crippen molar-refractivity contribution in [1.29, 1.82) is 0 Å². The Kier molecular flexibility index (Phi) is 41.0. The van der Waals surface area contributed by atoms with E-state index in [9.17, 15) is 45.6 Å². The second kappa shape index (κ2) is 44.8. The Morgan fingerprint density at radius 2 is 0.945 bits per heavy atom. The van der Waals surface area contributed by atoms with E-state index in [1.807, 2.05) is 6.08 Å². The predicted molar refractivity (Wildman–Crippen MR) is 290 cm³/mol. The van der Waals surface area contributed by atoms with Crippen molar-refractivity contribution >= 4 is 5.91 Å². The van der Waals surface area contributed by atoms with Gasteiger partial charge in [0.2, 0.25) is 5.91 Å². The molecule has 2 rings (SSSR count). The molecule has 2 fully saturated rings. The molecule has 1 amide bonds. The molecule has 12 atom stereocenters. The Hall–Kier alpha value is -2.31. The number of nitrogens with one attached hydrogen (secondary N) is 1. The van der Waals surface area contributed by atoms with Crippen LogP contribution in [0.1, 0.15) is 213 Å². The summed E-state index contributed by atoms with van der Waals surface area (Å²) in [5, 5.41) is 86.9. The van der Waals surface area contributed by atoms with Gasteiger partial charge in [-0.15, -0.1) is 0 Å². The lowest BCUT2D eigenvalue weighted by molar-refractivity contribution is -0.359. The highest BCUT2D eigenvalue weighted by molar-refractivity contribution is 5.76. The number of allylic oxidation sites excluding steroid dienone is 9. The average molecular weight is 1040 g/mol. The Morgan fingerprint density at radius 1 is 0.507 bits per heavy atom. The van der Waals surface area contributed by atoms with Crippen LogP contribution in [0.4, 0.5) is 0 Å². The zero-order chi connectivity index (χ0) is 53.2. The minimum absolute atomic E-state index is 0.243. The summed E-state index contributed by atoms with van der Waals surface area (Å²) in [6.07, 6.45) is 39.8. The first kappa shape index (κ1) is 66.8. The summed E-state index contributed by atoms with van der Waals surface area (Å²) in [4.78, 5) is 13.2. The highest BCUT2D eigenvalue weighted by Gasteiger charge is 2.51. The molecule has 14 heteroatoms.